The molecule has 1 saturated heterocycles. The molecule has 0 radical (unpaired) electrons. The first-order valence-corrected chi connectivity index (χ1v) is 8.52. The van der Waals surface area contributed by atoms with Crippen LogP contribution >= 0.6 is 0 Å². The molecule has 5 heteroatoms. The van der Waals surface area contributed by atoms with Crippen molar-refractivity contribution in [3.8, 4) is 0 Å². The maximum atomic E-state index is 12.9. The van der Waals surface area contributed by atoms with Crippen LogP contribution in [-0.2, 0) is 6.54 Å². The average molecular weight is 325 g/mol. The number of piperidine rings is 1. The third-order valence-corrected chi connectivity index (χ3v) is 4.70. The molecule has 1 aliphatic heterocycles. The normalized spacial score (nSPS) is 17.8. The van der Waals surface area contributed by atoms with Gasteiger partial charge in [-0.1, -0.05) is 18.2 Å². The van der Waals surface area contributed by atoms with E-state index in [0.717, 1.165) is 31.8 Å². The number of carbonyl (C=O) groups excluding carboxylic acids is 2. The minimum atomic E-state index is -0.0750. The second-order valence-corrected chi connectivity index (χ2v) is 6.26. The van der Waals surface area contributed by atoms with Gasteiger partial charge in [-0.3, -0.25) is 9.59 Å². The summed E-state index contributed by atoms with van der Waals surface area (Å²) in [5, 5.41) is 0. The van der Waals surface area contributed by atoms with Crippen molar-refractivity contribution in [1.82, 2.24) is 14.5 Å². The van der Waals surface area contributed by atoms with Crippen LogP contribution in [0.2, 0.25) is 0 Å². The molecule has 2 aromatic rings. The average Bonchev–Trinajstić information content (AvgIpc) is 3.10. The number of imidazole rings is 1. The van der Waals surface area contributed by atoms with Crippen molar-refractivity contribution in [1.29, 1.82) is 0 Å². The molecule has 1 fully saturated rings. The Morgan fingerprint density at radius 2 is 2.00 bits per heavy atom. The predicted octanol–water partition coefficient (Wildman–Crippen LogP) is 3.13. The number of rotatable bonds is 4. The van der Waals surface area contributed by atoms with Gasteiger partial charge < -0.3 is 9.47 Å². The third kappa shape index (κ3) is 3.11. The summed E-state index contributed by atoms with van der Waals surface area (Å²) < 4.78 is 2.14. The third-order valence-electron chi connectivity index (χ3n) is 4.70. The van der Waals surface area contributed by atoms with E-state index in [0.29, 0.717) is 17.7 Å². The van der Waals surface area contributed by atoms with E-state index in [1.54, 1.807) is 18.2 Å². The molecule has 3 rings (SSSR count). The quantitative estimate of drug-likeness (QED) is 0.812. The number of ketones is 1. The zero-order valence-electron chi connectivity index (χ0n) is 14.2. The van der Waals surface area contributed by atoms with Gasteiger partial charge >= 0.3 is 0 Å². The Balaban J connectivity index is 1.83. The minimum absolute atomic E-state index is 0.0555. The van der Waals surface area contributed by atoms with Gasteiger partial charge in [-0.25, -0.2) is 4.98 Å². The van der Waals surface area contributed by atoms with Crippen molar-refractivity contribution in [3.05, 3.63) is 53.6 Å². The Bertz CT molecular complexity index is 751. The van der Waals surface area contributed by atoms with Crippen molar-refractivity contribution in [3.63, 3.8) is 0 Å². The highest BCUT2D eigenvalue weighted by molar-refractivity contribution is 6.07. The zero-order valence-corrected chi connectivity index (χ0v) is 14.2. The maximum Gasteiger partial charge on any atom is 0.254 e. The van der Waals surface area contributed by atoms with Crippen LogP contribution in [0.15, 0.2) is 36.7 Å². The smallest absolute Gasteiger partial charge is 0.254 e. The van der Waals surface area contributed by atoms with Crippen molar-refractivity contribution in [2.45, 2.75) is 39.2 Å². The summed E-state index contributed by atoms with van der Waals surface area (Å²) in [6, 6.07) is 7.08. The van der Waals surface area contributed by atoms with Gasteiger partial charge in [0, 0.05) is 43.5 Å². The number of benzene rings is 1. The van der Waals surface area contributed by atoms with Crippen molar-refractivity contribution in [2.24, 2.45) is 0 Å². The molecule has 0 aliphatic carbocycles. The number of Topliss-reactive ketones (excluding diaryl/α,β-unsaturated/α-hetero) is 1. The number of aromatic nitrogens is 2. The molecule has 0 unspecified atom stereocenters. The van der Waals surface area contributed by atoms with Crippen molar-refractivity contribution in [2.75, 3.05) is 13.1 Å². The Morgan fingerprint density at radius 3 is 2.71 bits per heavy atom. The predicted molar refractivity (Wildman–Crippen MR) is 92.2 cm³/mol. The molecule has 0 N–H and O–H groups in total. The van der Waals surface area contributed by atoms with Crippen molar-refractivity contribution >= 4 is 11.7 Å². The first-order chi connectivity index (χ1) is 11.6. The van der Waals surface area contributed by atoms with Gasteiger partial charge in [-0.15, -0.1) is 0 Å². The summed E-state index contributed by atoms with van der Waals surface area (Å²) in [4.78, 5) is 31.1. The van der Waals surface area contributed by atoms with Crippen LogP contribution in [0.4, 0.5) is 0 Å². The van der Waals surface area contributed by atoms with Gasteiger partial charge in [-0.2, -0.15) is 0 Å². The first kappa shape index (κ1) is 16.4. The first-order valence-electron chi connectivity index (χ1n) is 8.52. The molecule has 1 aliphatic rings. The molecule has 2 heterocycles. The van der Waals surface area contributed by atoms with E-state index in [-0.39, 0.29) is 17.6 Å². The number of amides is 1. The molecule has 1 amide bonds. The molecule has 0 bridgehead atoms. The molecule has 1 aromatic heterocycles. The summed E-state index contributed by atoms with van der Waals surface area (Å²) in [6.45, 7) is 5.87. The fourth-order valence-corrected chi connectivity index (χ4v) is 3.47. The second-order valence-electron chi connectivity index (χ2n) is 6.26. The summed E-state index contributed by atoms with van der Waals surface area (Å²) in [7, 11) is 0. The molecule has 0 saturated carbocycles. The molecule has 0 spiro atoms. The van der Waals surface area contributed by atoms with Crippen LogP contribution in [0, 0.1) is 0 Å². The fraction of sp³-hybridized carbons (Fsp3) is 0.421. The van der Waals surface area contributed by atoms with Gasteiger partial charge in [0.25, 0.3) is 5.91 Å². The number of carbonyl (C=O) groups is 2. The van der Waals surface area contributed by atoms with E-state index in [9.17, 15) is 9.59 Å². The monoisotopic (exact) mass is 325 g/mol. The standard InChI is InChI=1S/C19H23N3O2/c1-3-21-12-10-20-18(21)15-7-6-11-22(13-15)19(24)17-9-5-4-8-16(17)14(2)23/h4-5,8-10,12,15H,3,6-7,11,13H2,1-2H3/t15-/m0/s1. The Labute approximate surface area is 142 Å². The van der Waals surface area contributed by atoms with Crippen LogP contribution < -0.4 is 0 Å². The Hall–Kier alpha value is -2.43. The number of likely N-dealkylation sites (tertiary alicyclic amines) is 1. The molecule has 5 nitrogen and oxygen atoms in total. The molecule has 126 valence electrons. The lowest BCUT2D eigenvalue weighted by Gasteiger charge is -2.33. The molecular formula is C19H23N3O2. The van der Waals surface area contributed by atoms with E-state index >= 15 is 0 Å². The molecule has 1 atom stereocenters. The van der Waals surface area contributed by atoms with Crippen molar-refractivity contribution < 1.29 is 9.59 Å². The van der Waals surface area contributed by atoms with E-state index in [1.165, 1.54) is 6.92 Å². The van der Waals surface area contributed by atoms with Gasteiger partial charge in [0.2, 0.25) is 0 Å². The molecule has 24 heavy (non-hydrogen) atoms. The molecular weight excluding hydrogens is 302 g/mol. The van der Waals surface area contributed by atoms with Gasteiger partial charge in [-0.05, 0) is 32.8 Å². The van der Waals surface area contributed by atoms with E-state index in [2.05, 4.69) is 16.5 Å². The topological polar surface area (TPSA) is 55.2 Å². The number of nitrogens with zero attached hydrogens (tertiary/aromatic N) is 3. The molecule has 1 aromatic carbocycles. The summed E-state index contributed by atoms with van der Waals surface area (Å²) in [5.41, 5.74) is 1.00. The van der Waals surface area contributed by atoms with Gasteiger partial charge in [0.15, 0.2) is 5.78 Å². The van der Waals surface area contributed by atoms with Crippen LogP contribution in [0.1, 0.15) is 59.1 Å². The lowest BCUT2D eigenvalue weighted by atomic mass is 9.95. The lowest BCUT2D eigenvalue weighted by molar-refractivity contribution is 0.0699. The number of hydrogen-bond donors (Lipinski definition) is 0. The Kier molecular flexibility index (Phi) is 4.79. The summed E-state index contributed by atoms with van der Waals surface area (Å²) >= 11 is 0. The minimum Gasteiger partial charge on any atom is -0.338 e. The number of hydrogen-bond acceptors (Lipinski definition) is 3. The lowest BCUT2D eigenvalue weighted by Crippen LogP contribution is -2.40. The fourth-order valence-electron chi connectivity index (χ4n) is 3.47. The zero-order chi connectivity index (χ0) is 17.1. The summed E-state index contributed by atoms with van der Waals surface area (Å²) in [5.74, 6) is 1.17. The number of aryl methyl sites for hydroxylation is 1. The maximum absolute atomic E-state index is 12.9. The van der Waals surface area contributed by atoms with Crippen LogP contribution in [0.5, 0.6) is 0 Å². The largest absolute Gasteiger partial charge is 0.338 e. The van der Waals surface area contributed by atoms with Gasteiger partial charge in [0.05, 0.1) is 5.56 Å². The van der Waals surface area contributed by atoms with E-state index in [1.807, 2.05) is 23.4 Å². The van der Waals surface area contributed by atoms with Crippen LogP contribution in [-0.4, -0.2) is 39.2 Å². The van der Waals surface area contributed by atoms with Crippen LogP contribution in [0.25, 0.3) is 0 Å². The van der Waals surface area contributed by atoms with E-state index < -0.39 is 0 Å². The summed E-state index contributed by atoms with van der Waals surface area (Å²) in [6.07, 6.45) is 5.80. The Morgan fingerprint density at radius 1 is 1.25 bits per heavy atom. The highest BCUT2D eigenvalue weighted by atomic mass is 16.2. The highest BCUT2D eigenvalue weighted by Gasteiger charge is 2.29. The highest BCUT2D eigenvalue weighted by Crippen LogP contribution is 2.27. The van der Waals surface area contributed by atoms with Gasteiger partial charge in [0.1, 0.15) is 5.82 Å². The second kappa shape index (κ2) is 6.99. The van der Waals surface area contributed by atoms with E-state index in [4.69, 9.17) is 0 Å². The van der Waals surface area contributed by atoms with Crippen LogP contribution in [0.3, 0.4) is 0 Å². The SMILES string of the molecule is CCn1ccnc1[C@H]1CCCN(C(=O)c2ccccc2C(C)=O)C1.